The van der Waals surface area contributed by atoms with Crippen LogP contribution in [0.2, 0.25) is 0 Å². The van der Waals surface area contributed by atoms with Gasteiger partial charge in [-0.05, 0) is 6.54 Å². The van der Waals surface area contributed by atoms with Crippen molar-refractivity contribution in [3.8, 4) is 0 Å². The smallest absolute Gasteiger partial charge is 2.00 e. The molecule has 0 amide bonds. The molecule has 2 nitrogen and oxygen atoms in total. The van der Waals surface area contributed by atoms with Crippen molar-refractivity contribution in [1.29, 1.82) is 0 Å². The van der Waals surface area contributed by atoms with E-state index >= 15 is 0 Å². The van der Waals surface area contributed by atoms with E-state index in [-0.39, 0.29) is 47.2 Å². The molecule has 0 rings (SSSR count). The molecule has 0 fully saturated rings. The van der Waals surface area contributed by atoms with Crippen LogP contribution in [0.3, 0.4) is 0 Å². The third-order valence-electron chi connectivity index (χ3n) is 0.204. The van der Waals surface area contributed by atoms with E-state index in [0.29, 0.717) is 6.54 Å². The normalized spacial score (nSPS) is 5.00. The zero-order chi connectivity index (χ0) is 3.41. The molecule has 3 heteroatoms. The fraction of sp³-hybridized carbons (Fsp3) is 0.667. The maximum absolute atomic E-state index is 4.97. The molecule has 0 aliphatic heterocycles. The summed E-state index contributed by atoms with van der Waals surface area (Å²) in [5.74, 6) is 0. The van der Waals surface area contributed by atoms with Gasteiger partial charge in [-0.1, -0.05) is 0 Å². The maximum atomic E-state index is 4.97. The summed E-state index contributed by atoms with van der Waals surface area (Å²) in [6, 6.07) is 0. The summed E-state index contributed by atoms with van der Waals surface area (Å²) in [7, 11) is 0. The first kappa shape index (κ1) is 15.7. The second kappa shape index (κ2) is 16.3. The molecule has 6 heavy (non-hydrogen) atoms. The van der Waals surface area contributed by atoms with E-state index in [9.17, 15) is 0 Å². The van der Waals surface area contributed by atoms with Gasteiger partial charge in [0, 0.05) is 0 Å². The van der Waals surface area contributed by atoms with Crippen LogP contribution in [0.4, 0.5) is 0 Å². The minimum atomic E-state index is 0. The Bertz CT molecular complexity index is 12.8. The van der Waals surface area contributed by atoms with Crippen LogP contribution >= 0.6 is 0 Å². The van der Waals surface area contributed by atoms with Crippen LogP contribution in [0.15, 0.2) is 0 Å². The van der Waals surface area contributed by atoms with Crippen LogP contribution in [0.5, 0.6) is 0 Å². The Balaban J connectivity index is -0.0000000450. The molecule has 0 aromatic rings. The number of hydrogen-bond acceptors (Lipinski definition) is 1. The quantitative estimate of drug-likeness (QED) is 0.616. The minimum Gasteiger partial charge on any atom is -2.00 e. The average Bonchev–Trinajstić information content (AvgIpc) is 1.37. The average molecular weight is 214 g/mol. The SMILES string of the molecule is [CH2-]CCN.[Ce+3].[O-2]. The predicted octanol–water partition coefficient (Wildman–Crippen LogP) is 0.0505. The molecular formula is C3H8CeNO. The van der Waals surface area contributed by atoms with Gasteiger partial charge in [0.2, 0.25) is 0 Å². The third kappa shape index (κ3) is 18.5. The Morgan fingerprint density at radius 1 is 1.50 bits per heavy atom. The Hall–Kier alpha value is 1.30. The van der Waals surface area contributed by atoms with Gasteiger partial charge in [0.25, 0.3) is 0 Å². The summed E-state index contributed by atoms with van der Waals surface area (Å²) >= 11 is 0. The van der Waals surface area contributed by atoms with E-state index in [2.05, 4.69) is 6.92 Å². The fourth-order valence-corrected chi connectivity index (χ4v) is 0. The summed E-state index contributed by atoms with van der Waals surface area (Å²) in [4.78, 5) is 0. The molecule has 0 aromatic heterocycles. The zero-order valence-corrected chi connectivity index (χ0v) is 6.75. The molecule has 0 atom stereocenters. The number of hydrogen-bond donors (Lipinski definition) is 1. The van der Waals surface area contributed by atoms with E-state index in [1.165, 1.54) is 0 Å². The molecule has 0 bridgehead atoms. The van der Waals surface area contributed by atoms with Crippen molar-refractivity contribution in [2.24, 2.45) is 5.73 Å². The maximum Gasteiger partial charge on any atom is 3.00 e. The largest absolute Gasteiger partial charge is 3.00 e. The van der Waals surface area contributed by atoms with Crippen molar-refractivity contribution in [2.75, 3.05) is 6.54 Å². The van der Waals surface area contributed by atoms with Gasteiger partial charge in [-0.25, -0.2) is 0 Å². The van der Waals surface area contributed by atoms with Gasteiger partial charge < -0.3 is 18.1 Å². The van der Waals surface area contributed by atoms with Crippen LogP contribution < -0.4 is 5.73 Å². The zero-order valence-electron chi connectivity index (χ0n) is 3.61. The molecule has 0 aromatic carbocycles. The van der Waals surface area contributed by atoms with E-state index in [4.69, 9.17) is 5.73 Å². The summed E-state index contributed by atoms with van der Waals surface area (Å²) < 4.78 is 0. The fourth-order valence-electron chi connectivity index (χ4n) is 0. The van der Waals surface area contributed by atoms with Crippen LogP contribution in [0, 0.1) is 48.7 Å². The summed E-state index contributed by atoms with van der Waals surface area (Å²) in [6.07, 6.45) is 0.847. The Morgan fingerprint density at radius 2 is 1.67 bits per heavy atom. The first-order valence-corrected chi connectivity index (χ1v) is 1.41. The molecule has 0 saturated heterocycles. The molecule has 0 unspecified atom stereocenters. The second-order valence-electron chi connectivity index (χ2n) is 0.642. The third-order valence-corrected chi connectivity index (χ3v) is 0.204. The molecule has 0 heterocycles. The van der Waals surface area contributed by atoms with Crippen molar-refractivity contribution < 1.29 is 47.2 Å². The van der Waals surface area contributed by atoms with Gasteiger partial charge in [-0.15, -0.1) is 0 Å². The molecular weight excluding hydrogens is 206 g/mol. The van der Waals surface area contributed by atoms with E-state index in [1.807, 2.05) is 0 Å². The van der Waals surface area contributed by atoms with E-state index in [0.717, 1.165) is 6.42 Å². The van der Waals surface area contributed by atoms with Gasteiger partial charge in [-0.2, -0.15) is 6.42 Å². The van der Waals surface area contributed by atoms with E-state index < -0.39 is 0 Å². The molecule has 2 N–H and O–H groups in total. The van der Waals surface area contributed by atoms with Crippen LogP contribution in [0.1, 0.15) is 6.42 Å². The molecule has 35 valence electrons. The van der Waals surface area contributed by atoms with Crippen molar-refractivity contribution in [3.63, 3.8) is 0 Å². The topological polar surface area (TPSA) is 54.5 Å². The van der Waals surface area contributed by atoms with Gasteiger partial charge in [0.1, 0.15) is 0 Å². The summed E-state index contributed by atoms with van der Waals surface area (Å²) in [5.41, 5.74) is 4.97. The van der Waals surface area contributed by atoms with Gasteiger partial charge in [0.05, 0.1) is 0 Å². The Kier molecular flexibility index (Phi) is 42.5. The molecule has 1 radical (unpaired) electrons. The summed E-state index contributed by atoms with van der Waals surface area (Å²) in [6.45, 7) is 4.19. The number of nitrogens with two attached hydrogens (primary N) is 1. The van der Waals surface area contributed by atoms with Gasteiger partial charge >= 0.3 is 41.7 Å². The van der Waals surface area contributed by atoms with Crippen molar-refractivity contribution in [2.45, 2.75) is 6.42 Å². The Morgan fingerprint density at radius 3 is 1.67 bits per heavy atom. The summed E-state index contributed by atoms with van der Waals surface area (Å²) in [5, 5.41) is 0. The first-order chi connectivity index (χ1) is 1.91. The van der Waals surface area contributed by atoms with Crippen molar-refractivity contribution in [3.05, 3.63) is 6.92 Å². The standard InChI is InChI=1S/C3H8N.Ce.O/c1-2-3-4;;/h1-4H2;;/q-1;+3;-2. The predicted molar refractivity (Wildman–Crippen MR) is 19.7 cm³/mol. The van der Waals surface area contributed by atoms with Gasteiger partial charge in [0.15, 0.2) is 0 Å². The number of rotatable bonds is 1. The monoisotopic (exact) mass is 214 g/mol. The van der Waals surface area contributed by atoms with Crippen LogP contribution in [-0.2, 0) is 5.48 Å². The van der Waals surface area contributed by atoms with Gasteiger partial charge in [-0.3, -0.25) is 0 Å². The Labute approximate surface area is 72.2 Å². The molecule has 0 aliphatic carbocycles. The van der Waals surface area contributed by atoms with Crippen molar-refractivity contribution in [1.82, 2.24) is 0 Å². The van der Waals surface area contributed by atoms with Crippen LogP contribution in [0.25, 0.3) is 0 Å². The van der Waals surface area contributed by atoms with E-state index in [1.54, 1.807) is 0 Å². The van der Waals surface area contributed by atoms with Crippen molar-refractivity contribution >= 4 is 0 Å². The second-order valence-corrected chi connectivity index (χ2v) is 0.642. The first-order valence-electron chi connectivity index (χ1n) is 1.41. The van der Waals surface area contributed by atoms with Crippen LogP contribution in [-0.4, -0.2) is 6.54 Å². The molecule has 0 spiro atoms. The molecule has 0 saturated carbocycles. The molecule has 0 aliphatic rings. The minimum absolute atomic E-state index is 0.